The lowest BCUT2D eigenvalue weighted by molar-refractivity contribution is 0.120. The fourth-order valence-electron chi connectivity index (χ4n) is 3.43. The molecule has 3 rings (SSSR count). The molecule has 0 saturated heterocycles. The summed E-state index contributed by atoms with van der Waals surface area (Å²) in [6, 6.07) is 12.3. The molecular weight excluding hydrogens is 258 g/mol. The van der Waals surface area contributed by atoms with Crippen LogP contribution in [0.25, 0.3) is 10.8 Å². The van der Waals surface area contributed by atoms with Crippen LogP contribution in [0, 0.1) is 5.41 Å². The SMILES string of the molecule is CCC1(CNC(C)c2ccc3ccccc3c2O)CCC1. The molecule has 0 spiro atoms. The Balaban J connectivity index is 1.78. The summed E-state index contributed by atoms with van der Waals surface area (Å²) >= 11 is 0. The summed E-state index contributed by atoms with van der Waals surface area (Å²) in [5.41, 5.74) is 1.50. The van der Waals surface area contributed by atoms with Crippen molar-refractivity contribution in [2.24, 2.45) is 5.41 Å². The summed E-state index contributed by atoms with van der Waals surface area (Å²) in [6.45, 7) is 5.49. The first kappa shape index (κ1) is 14.4. The van der Waals surface area contributed by atoms with E-state index in [4.69, 9.17) is 0 Å². The monoisotopic (exact) mass is 283 g/mol. The molecule has 1 saturated carbocycles. The number of phenols is 1. The highest BCUT2D eigenvalue weighted by atomic mass is 16.3. The Kier molecular flexibility index (Phi) is 3.90. The van der Waals surface area contributed by atoms with Crippen molar-refractivity contribution < 1.29 is 5.11 Å². The molecule has 2 aromatic rings. The van der Waals surface area contributed by atoms with Crippen LogP contribution >= 0.6 is 0 Å². The molecule has 1 fully saturated rings. The summed E-state index contributed by atoms with van der Waals surface area (Å²) in [7, 11) is 0. The summed E-state index contributed by atoms with van der Waals surface area (Å²) < 4.78 is 0. The number of rotatable bonds is 5. The predicted molar refractivity (Wildman–Crippen MR) is 88.6 cm³/mol. The van der Waals surface area contributed by atoms with Crippen molar-refractivity contribution in [1.82, 2.24) is 5.32 Å². The van der Waals surface area contributed by atoms with E-state index in [0.717, 1.165) is 22.9 Å². The molecule has 2 nitrogen and oxygen atoms in total. The molecule has 0 amide bonds. The van der Waals surface area contributed by atoms with E-state index in [2.05, 4.69) is 31.3 Å². The van der Waals surface area contributed by atoms with Crippen molar-refractivity contribution in [1.29, 1.82) is 0 Å². The second kappa shape index (κ2) is 5.69. The summed E-state index contributed by atoms with van der Waals surface area (Å²) in [5, 5.41) is 16.2. The predicted octanol–water partition coefficient (Wildman–Crippen LogP) is 4.78. The van der Waals surface area contributed by atoms with Crippen molar-refractivity contribution in [2.45, 2.75) is 45.6 Å². The van der Waals surface area contributed by atoms with Crippen molar-refractivity contribution in [3.63, 3.8) is 0 Å². The summed E-state index contributed by atoms with van der Waals surface area (Å²) in [5.74, 6) is 0.423. The molecule has 2 heteroatoms. The molecule has 2 aromatic carbocycles. The molecule has 0 heterocycles. The zero-order valence-electron chi connectivity index (χ0n) is 13.0. The highest BCUT2D eigenvalue weighted by molar-refractivity contribution is 5.89. The van der Waals surface area contributed by atoms with Crippen molar-refractivity contribution in [3.8, 4) is 5.75 Å². The first-order valence-corrected chi connectivity index (χ1v) is 8.09. The van der Waals surface area contributed by atoms with Crippen LogP contribution in [-0.2, 0) is 0 Å². The summed E-state index contributed by atoms with van der Waals surface area (Å²) in [4.78, 5) is 0. The molecule has 2 N–H and O–H groups in total. The third kappa shape index (κ3) is 2.65. The summed E-state index contributed by atoms with van der Waals surface area (Å²) in [6.07, 6.45) is 5.29. The van der Waals surface area contributed by atoms with Crippen LogP contribution in [-0.4, -0.2) is 11.7 Å². The number of benzene rings is 2. The maximum absolute atomic E-state index is 10.5. The molecule has 0 aromatic heterocycles. The van der Waals surface area contributed by atoms with Gasteiger partial charge in [-0.15, -0.1) is 0 Å². The zero-order valence-corrected chi connectivity index (χ0v) is 13.0. The second-order valence-electron chi connectivity index (χ2n) is 6.53. The van der Waals surface area contributed by atoms with Gasteiger partial charge in [0.1, 0.15) is 5.75 Å². The van der Waals surface area contributed by atoms with Crippen molar-refractivity contribution >= 4 is 10.8 Å². The quantitative estimate of drug-likeness (QED) is 0.828. The number of nitrogens with one attached hydrogen (secondary N) is 1. The van der Waals surface area contributed by atoms with E-state index >= 15 is 0 Å². The van der Waals surface area contributed by atoms with Crippen molar-refractivity contribution in [3.05, 3.63) is 42.0 Å². The lowest BCUT2D eigenvalue weighted by atomic mass is 9.67. The van der Waals surface area contributed by atoms with E-state index < -0.39 is 0 Å². The van der Waals surface area contributed by atoms with Gasteiger partial charge in [-0.05, 0) is 37.0 Å². The molecule has 112 valence electrons. The highest BCUT2D eigenvalue weighted by Gasteiger charge is 2.35. The number of phenolic OH excluding ortho intramolecular Hbond substituents is 1. The molecule has 1 aliphatic rings. The van der Waals surface area contributed by atoms with Crippen LogP contribution < -0.4 is 5.32 Å². The number of aromatic hydroxyl groups is 1. The van der Waals surface area contributed by atoms with Crippen LogP contribution in [0.3, 0.4) is 0 Å². The van der Waals surface area contributed by atoms with Gasteiger partial charge in [-0.3, -0.25) is 0 Å². The van der Waals surface area contributed by atoms with E-state index in [9.17, 15) is 5.11 Å². The molecule has 21 heavy (non-hydrogen) atoms. The molecule has 0 bridgehead atoms. The van der Waals surface area contributed by atoms with E-state index in [0.29, 0.717) is 11.2 Å². The highest BCUT2D eigenvalue weighted by Crippen LogP contribution is 2.43. The second-order valence-corrected chi connectivity index (χ2v) is 6.53. The smallest absolute Gasteiger partial charge is 0.128 e. The first-order chi connectivity index (χ1) is 10.2. The molecule has 0 aliphatic heterocycles. The molecule has 1 atom stereocenters. The molecular formula is C19H25NO. The first-order valence-electron chi connectivity index (χ1n) is 8.09. The standard InChI is InChI=1S/C19H25NO/c1-3-19(11-6-12-19)13-20-14(2)16-10-9-15-7-4-5-8-17(15)18(16)21/h4-5,7-10,14,20-21H,3,6,11-13H2,1-2H3. The normalized spacial score (nSPS) is 18.4. The molecule has 0 radical (unpaired) electrons. The van der Waals surface area contributed by atoms with Crippen LogP contribution in [0.4, 0.5) is 0 Å². The van der Waals surface area contributed by atoms with E-state index in [-0.39, 0.29) is 6.04 Å². The van der Waals surface area contributed by atoms with Gasteiger partial charge in [-0.1, -0.05) is 49.7 Å². The van der Waals surface area contributed by atoms with Gasteiger partial charge < -0.3 is 10.4 Å². The Bertz CT molecular complexity index is 625. The topological polar surface area (TPSA) is 32.3 Å². The third-order valence-corrected chi connectivity index (χ3v) is 5.35. The van der Waals surface area contributed by atoms with E-state index in [1.165, 1.54) is 25.7 Å². The minimum Gasteiger partial charge on any atom is -0.507 e. The Labute approximate surface area is 127 Å². The molecule has 1 aliphatic carbocycles. The van der Waals surface area contributed by atoms with E-state index in [1.807, 2.05) is 24.3 Å². The van der Waals surface area contributed by atoms with Gasteiger partial charge in [0, 0.05) is 23.5 Å². The number of hydrogen-bond donors (Lipinski definition) is 2. The van der Waals surface area contributed by atoms with Gasteiger partial charge in [0.2, 0.25) is 0 Å². The third-order valence-electron chi connectivity index (χ3n) is 5.35. The van der Waals surface area contributed by atoms with Crippen LogP contribution in [0.1, 0.15) is 51.1 Å². The largest absolute Gasteiger partial charge is 0.507 e. The Hall–Kier alpha value is -1.54. The lowest BCUT2D eigenvalue weighted by Gasteiger charge is -2.42. The zero-order chi connectivity index (χ0) is 14.9. The van der Waals surface area contributed by atoms with Gasteiger partial charge in [-0.2, -0.15) is 0 Å². The minimum atomic E-state index is 0.179. The Morgan fingerprint density at radius 1 is 1.19 bits per heavy atom. The van der Waals surface area contributed by atoms with E-state index in [1.54, 1.807) is 0 Å². The van der Waals surface area contributed by atoms with Crippen LogP contribution in [0.2, 0.25) is 0 Å². The number of fused-ring (bicyclic) bond motifs is 1. The number of hydrogen-bond acceptors (Lipinski definition) is 2. The van der Waals surface area contributed by atoms with Gasteiger partial charge in [-0.25, -0.2) is 0 Å². The average molecular weight is 283 g/mol. The minimum absolute atomic E-state index is 0.179. The van der Waals surface area contributed by atoms with Gasteiger partial charge in [0.05, 0.1) is 0 Å². The van der Waals surface area contributed by atoms with Gasteiger partial charge in [0.15, 0.2) is 0 Å². The van der Waals surface area contributed by atoms with Gasteiger partial charge >= 0.3 is 0 Å². The van der Waals surface area contributed by atoms with Crippen LogP contribution in [0.5, 0.6) is 5.75 Å². The Morgan fingerprint density at radius 2 is 1.95 bits per heavy atom. The fraction of sp³-hybridized carbons (Fsp3) is 0.474. The van der Waals surface area contributed by atoms with Crippen molar-refractivity contribution in [2.75, 3.05) is 6.54 Å². The Morgan fingerprint density at radius 3 is 2.62 bits per heavy atom. The maximum Gasteiger partial charge on any atom is 0.128 e. The maximum atomic E-state index is 10.5. The van der Waals surface area contributed by atoms with Gasteiger partial charge in [0.25, 0.3) is 0 Å². The molecule has 1 unspecified atom stereocenters. The fourth-order valence-corrected chi connectivity index (χ4v) is 3.43. The lowest BCUT2D eigenvalue weighted by Crippen LogP contribution is -2.40. The average Bonchev–Trinajstić information content (AvgIpc) is 2.47. The van der Waals surface area contributed by atoms with Crippen LogP contribution in [0.15, 0.2) is 36.4 Å².